The monoisotopic (exact) mass is 389 g/mol. The van der Waals surface area contributed by atoms with Crippen molar-refractivity contribution in [3.63, 3.8) is 0 Å². The minimum Gasteiger partial charge on any atom is -0.497 e. The number of aromatic nitrogens is 3. The van der Waals surface area contributed by atoms with Crippen molar-refractivity contribution in [1.82, 2.24) is 14.8 Å². The van der Waals surface area contributed by atoms with Gasteiger partial charge in [0.05, 0.1) is 34.7 Å². The molecule has 1 N–H and O–H groups in total. The largest absolute Gasteiger partial charge is 0.497 e. The van der Waals surface area contributed by atoms with Gasteiger partial charge in [-0.1, -0.05) is 11.3 Å². The van der Waals surface area contributed by atoms with E-state index in [2.05, 4.69) is 15.4 Å². The van der Waals surface area contributed by atoms with Crippen molar-refractivity contribution in [3.8, 4) is 17.0 Å². The number of carbonyl (C=O) groups is 1. The molecule has 4 rings (SSSR count). The number of ether oxygens (including phenoxy) is 1. The van der Waals surface area contributed by atoms with Gasteiger partial charge >= 0.3 is 0 Å². The zero-order chi connectivity index (χ0) is 19.7. The molecule has 2 aromatic heterocycles. The number of rotatable bonds is 4. The van der Waals surface area contributed by atoms with Crippen LogP contribution in [-0.2, 0) is 0 Å². The maximum Gasteiger partial charge on any atom is 0.256 e. The molecule has 0 fully saturated rings. The number of fused-ring (bicyclic) bond motifs is 1. The number of nitrogens with one attached hydrogen (secondary N) is 1. The van der Waals surface area contributed by atoms with Crippen molar-refractivity contribution in [2.24, 2.45) is 0 Å². The summed E-state index contributed by atoms with van der Waals surface area (Å²) in [5.41, 5.74) is 2.55. The van der Waals surface area contributed by atoms with E-state index >= 15 is 0 Å². The smallest absolute Gasteiger partial charge is 0.256 e. The fourth-order valence-corrected chi connectivity index (χ4v) is 3.69. The number of nitriles is 1. The van der Waals surface area contributed by atoms with Crippen LogP contribution in [0, 0.1) is 18.3 Å². The van der Waals surface area contributed by atoms with E-state index < -0.39 is 0 Å². The Morgan fingerprint density at radius 1 is 1.21 bits per heavy atom. The second-order valence-corrected chi connectivity index (χ2v) is 7.07. The molecule has 0 unspecified atom stereocenters. The molecule has 0 spiro atoms. The van der Waals surface area contributed by atoms with Gasteiger partial charge in [0, 0.05) is 11.6 Å². The minimum absolute atomic E-state index is 0.284. The molecule has 0 saturated heterocycles. The van der Waals surface area contributed by atoms with Gasteiger partial charge in [0.15, 0.2) is 0 Å². The number of aryl methyl sites for hydroxylation is 1. The topological polar surface area (TPSA) is 92.8 Å². The maximum absolute atomic E-state index is 12.6. The Labute approximate surface area is 164 Å². The fourth-order valence-electron chi connectivity index (χ4n) is 2.73. The highest BCUT2D eigenvalue weighted by molar-refractivity contribution is 7.20. The molecule has 138 valence electrons. The van der Waals surface area contributed by atoms with Gasteiger partial charge in [-0.15, -0.1) is 0 Å². The molecule has 28 heavy (non-hydrogen) atoms. The van der Waals surface area contributed by atoms with Crippen molar-refractivity contribution >= 4 is 33.3 Å². The summed E-state index contributed by atoms with van der Waals surface area (Å²) in [6, 6.07) is 15.9. The number of methoxy groups -OCH3 is 1. The zero-order valence-corrected chi connectivity index (χ0v) is 15.9. The summed E-state index contributed by atoms with van der Waals surface area (Å²) in [4.78, 5) is 17.2. The summed E-state index contributed by atoms with van der Waals surface area (Å²) in [6.07, 6.45) is 0. The predicted molar refractivity (Wildman–Crippen MR) is 107 cm³/mol. The third-order valence-electron chi connectivity index (χ3n) is 4.11. The molecule has 0 bridgehead atoms. The third-order valence-corrected chi connectivity index (χ3v) is 5.11. The van der Waals surface area contributed by atoms with E-state index in [1.807, 2.05) is 31.2 Å². The van der Waals surface area contributed by atoms with Gasteiger partial charge in [-0.3, -0.25) is 4.79 Å². The maximum atomic E-state index is 12.6. The quantitative estimate of drug-likeness (QED) is 0.571. The van der Waals surface area contributed by atoms with Crippen LogP contribution >= 0.6 is 11.3 Å². The molecular weight excluding hydrogens is 374 g/mol. The first-order chi connectivity index (χ1) is 13.6. The lowest BCUT2D eigenvalue weighted by Crippen LogP contribution is -2.15. The van der Waals surface area contributed by atoms with E-state index in [4.69, 9.17) is 10.00 Å². The van der Waals surface area contributed by atoms with Crippen molar-refractivity contribution in [2.75, 3.05) is 12.4 Å². The highest BCUT2D eigenvalue weighted by atomic mass is 32.1. The molecule has 8 heteroatoms. The van der Waals surface area contributed by atoms with Crippen LogP contribution < -0.4 is 10.1 Å². The Hall–Kier alpha value is -3.70. The van der Waals surface area contributed by atoms with Crippen LogP contribution in [0.25, 0.3) is 15.3 Å². The van der Waals surface area contributed by atoms with E-state index in [-0.39, 0.29) is 5.91 Å². The van der Waals surface area contributed by atoms with E-state index in [0.29, 0.717) is 22.1 Å². The SMILES string of the molecule is COc1ccc2nc(-n3nc(C)cc3NC(=O)c3ccc(C#N)cc3)sc2c1. The molecule has 0 aliphatic rings. The number of carbonyl (C=O) groups excluding carboxylic acids is 1. The Morgan fingerprint density at radius 3 is 2.71 bits per heavy atom. The van der Waals surface area contributed by atoms with Gasteiger partial charge in [-0.25, -0.2) is 4.98 Å². The van der Waals surface area contributed by atoms with Crippen molar-refractivity contribution in [1.29, 1.82) is 5.26 Å². The first-order valence-corrected chi connectivity index (χ1v) is 9.22. The molecular formula is C20H15N5O2S. The van der Waals surface area contributed by atoms with Crippen LogP contribution in [0.4, 0.5) is 5.82 Å². The third kappa shape index (κ3) is 3.31. The van der Waals surface area contributed by atoms with Crippen molar-refractivity contribution in [3.05, 3.63) is 65.4 Å². The zero-order valence-electron chi connectivity index (χ0n) is 15.1. The summed E-state index contributed by atoms with van der Waals surface area (Å²) in [6.45, 7) is 1.85. The molecule has 2 aromatic carbocycles. The lowest BCUT2D eigenvalue weighted by Gasteiger charge is -2.06. The average Bonchev–Trinajstić information content (AvgIpc) is 3.30. The number of anilines is 1. The first kappa shape index (κ1) is 17.7. The summed E-state index contributed by atoms with van der Waals surface area (Å²) < 4.78 is 7.85. The number of thiazole rings is 1. The Kier molecular flexibility index (Phi) is 4.51. The molecule has 4 aromatic rings. The molecule has 0 aliphatic carbocycles. The number of benzene rings is 2. The summed E-state index contributed by atoms with van der Waals surface area (Å²) in [5, 5.41) is 16.9. The molecule has 2 heterocycles. The van der Waals surface area contributed by atoms with Gasteiger partial charge in [0.1, 0.15) is 11.6 Å². The van der Waals surface area contributed by atoms with Crippen LogP contribution in [0.2, 0.25) is 0 Å². The average molecular weight is 389 g/mol. The summed E-state index contributed by atoms with van der Waals surface area (Å²) in [5.74, 6) is 1.000. The number of nitrogens with zero attached hydrogens (tertiary/aromatic N) is 4. The van der Waals surface area contributed by atoms with Gasteiger partial charge in [-0.05, 0) is 49.4 Å². The molecule has 0 aliphatic heterocycles. The fraction of sp³-hybridized carbons (Fsp3) is 0.100. The standard InChI is InChI=1S/C20H15N5O2S/c1-12-9-18(23-19(26)14-5-3-13(11-21)4-6-14)25(24-12)20-22-16-8-7-15(27-2)10-17(16)28-20/h3-10H,1-2H3,(H,23,26). The molecule has 0 saturated carbocycles. The second-order valence-electron chi connectivity index (χ2n) is 6.06. The van der Waals surface area contributed by atoms with Crippen LogP contribution in [0.3, 0.4) is 0 Å². The molecule has 1 amide bonds. The van der Waals surface area contributed by atoms with Gasteiger partial charge in [-0.2, -0.15) is 15.0 Å². The predicted octanol–water partition coefficient (Wildman–Crippen LogP) is 3.92. The lowest BCUT2D eigenvalue weighted by molar-refractivity contribution is 0.102. The normalized spacial score (nSPS) is 10.6. The minimum atomic E-state index is -0.284. The molecule has 0 atom stereocenters. The number of amides is 1. The Bertz CT molecular complexity index is 1220. The second kappa shape index (κ2) is 7.13. The Balaban J connectivity index is 1.66. The van der Waals surface area contributed by atoms with E-state index in [0.717, 1.165) is 21.7 Å². The van der Waals surface area contributed by atoms with E-state index in [1.54, 1.807) is 42.1 Å². The number of hydrogen-bond donors (Lipinski definition) is 1. The van der Waals surface area contributed by atoms with Gasteiger partial charge < -0.3 is 10.1 Å². The van der Waals surface area contributed by atoms with E-state index in [9.17, 15) is 4.79 Å². The summed E-state index contributed by atoms with van der Waals surface area (Å²) >= 11 is 1.46. The van der Waals surface area contributed by atoms with Crippen molar-refractivity contribution in [2.45, 2.75) is 6.92 Å². The Morgan fingerprint density at radius 2 is 2.00 bits per heavy atom. The van der Waals surface area contributed by atoms with Crippen LogP contribution in [0.5, 0.6) is 5.75 Å². The highest BCUT2D eigenvalue weighted by Gasteiger charge is 2.16. The van der Waals surface area contributed by atoms with E-state index in [1.165, 1.54) is 11.3 Å². The molecule has 0 radical (unpaired) electrons. The number of hydrogen-bond acceptors (Lipinski definition) is 6. The van der Waals surface area contributed by atoms with Gasteiger partial charge in [0.25, 0.3) is 5.91 Å². The van der Waals surface area contributed by atoms with Crippen molar-refractivity contribution < 1.29 is 9.53 Å². The first-order valence-electron chi connectivity index (χ1n) is 8.40. The van der Waals surface area contributed by atoms with Gasteiger partial charge in [0.2, 0.25) is 5.13 Å². The van der Waals surface area contributed by atoms with Crippen LogP contribution in [0.15, 0.2) is 48.5 Å². The highest BCUT2D eigenvalue weighted by Crippen LogP contribution is 2.30. The molecule has 7 nitrogen and oxygen atoms in total. The summed E-state index contributed by atoms with van der Waals surface area (Å²) in [7, 11) is 1.62. The van der Waals surface area contributed by atoms with Crippen LogP contribution in [-0.4, -0.2) is 27.8 Å². The van der Waals surface area contributed by atoms with Crippen LogP contribution in [0.1, 0.15) is 21.6 Å². The lowest BCUT2D eigenvalue weighted by atomic mass is 10.1.